The maximum absolute atomic E-state index is 3.74. The van der Waals surface area contributed by atoms with Crippen LogP contribution in [0.2, 0.25) is 0 Å². The van der Waals surface area contributed by atoms with E-state index >= 15 is 0 Å². The van der Waals surface area contributed by atoms with E-state index in [2.05, 4.69) is 35.6 Å². The van der Waals surface area contributed by atoms with Crippen LogP contribution in [0.3, 0.4) is 0 Å². The van der Waals surface area contributed by atoms with Gasteiger partial charge in [-0.25, -0.2) is 0 Å². The highest BCUT2D eigenvalue weighted by Crippen LogP contribution is 2.41. The number of hydrogen-bond acceptors (Lipinski definition) is 1. The predicted octanol–water partition coefficient (Wildman–Crippen LogP) is 3.68. The summed E-state index contributed by atoms with van der Waals surface area (Å²) in [6.45, 7) is 3.57. The third kappa shape index (κ3) is 2.80. The van der Waals surface area contributed by atoms with Crippen LogP contribution in [0, 0.1) is 11.8 Å². The van der Waals surface area contributed by atoms with E-state index in [0.29, 0.717) is 0 Å². The topological polar surface area (TPSA) is 27.8 Å². The van der Waals surface area contributed by atoms with E-state index in [9.17, 15) is 0 Å². The van der Waals surface area contributed by atoms with E-state index in [1.165, 1.54) is 50.8 Å². The molecule has 3 unspecified atom stereocenters. The van der Waals surface area contributed by atoms with Gasteiger partial charge in [-0.2, -0.15) is 0 Å². The van der Waals surface area contributed by atoms with Crippen LogP contribution < -0.4 is 5.32 Å². The van der Waals surface area contributed by atoms with Crippen molar-refractivity contribution in [3.8, 4) is 0 Å². The zero-order valence-corrected chi connectivity index (χ0v) is 11.5. The Bertz CT molecular complexity index is 353. The molecule has 0 amide bonds. The normalized spacial score (nSPS) is 32.6. The van der Waals surface area contributed by atoms with Crippen LogP contribution in [0.25, 0.3) is 0 Å². The molecule has 2 aliphatic carbocycles. The van der Waals surface area contributed by atoms with Gasteiger partial charge in [-0.3, -0.25) is 0 Å². The van der Waals surface area contributed by atoms with Gasteiger partial charge in [0.15, 0.2) is 0 Å². The summed E-state index contributed by atoms with van der Waals surface area (Å²) in [4.78, 5) is 3.46. The summed E-state index contributed by atoms with van der Waals surface area (Å²) in [5.74, 6) is 2.53. The summed E-state index contributed by atoms with van der Waals surface area (Å²) >= 11 is 0. The third-order valence-electron chi connectivity index (χ3n) is 4.95. The monoisotopic (exact) mass is 246 g/mol. The van der Waals surface area contributed by atoms with Crippen molar-refractivity contribution in [2.24, 2.45) is 11.8 Å². The van der Waals surface area contributed by atoms with Crippen molar-refractivity contribution < 1.29 is 0 Å². The van der Waals surface area contributed by atoms with Crippen molar-refractivity contribution in [2.75, 3.05) is 6.54 Å². The molecule has 0 radical (unpaired) electrons. The van der Waals surface area contributed by atoms with E-state index in [1.54, 1.807) is 0 Å². The quantitative estimate of drug-likeness (QED) is 0.815. The van der Waals surface area contributed by atoms with E-state index in [0.717, 1.165) is 23.8 Å². The van der Waals surface area contributed by atoms with Crippen LogP contribution in [0.15, 0.2) is 18.3 Å². The van der Waals surface area contributed by atoms with Crippen LogP contribution in [0.4, 0.5) is 0 Å². The molecule has 2 fully saturated rings. The first-order valence-corrected chi connectivity index (χ1v) is 7.73. The minimum Gasteiger partial charge on any atom is -0.365 e. The highest BCUT2D eigenvalue weighted by Gasteiger charge is 2.32. The summed E-state index contributed by atoms with van der Waals surface area (Å²) < 4.78 is 0. The minimum absolute atomic E-state index is 0.755. The van der Waals surface area contributed by atoms with Gasteiger partial charge in [0, 0.05) is 23.9 Å². The molecule has 0 saturated heterocycles. The maximum Gasteiger partial charge on any atom is 0.0182 e. The molecule has 1 aromatic heterocycles. The molecule has 1 heterocycles. The van der Waals surface area contributed by atoms with E-state index < -0.39 is 0 Å². The molecule has 0 aromatic carbocycles. The largest absolute Gasteiger partial charge is 0.365 e. The van der Waals surface area contributed by atoms with Crippen LogP contribution >= 0.6 is 0 Å². The van der Waals surface area contributed by atoms with Gasteiger partial charge in [0.05, 0.1) is 0 Å². The van der Waals surface area contributed by atoms with Crippen LogP contribution in [-0.4, -0.2) is 17.6 Å². The van der Waals surface area contributed by atoms with Crippen molar-refractivity contribution >= 4 is 0 Å². The average Bonchev–Trinajstić information content (AvgIpc) is 3.08. The van der Waals surface area contributed by atoms with Gasteiger partial charge in [-0.15, -0.1) is 0 Å². The fraction of sp³-hybridized carbons (Fsp3) is 0.750. The Labute approximate surface area is 111 Å². The molecular weight excluding hydrogens is 220 g/mol. The lowest BCUT2D eigenvalue weighted by Gasteiger charge is -2.36. The smallest absolute Gasteiger partial charge is 0.0182 e. The van der Waals surface area contributed by atoms with Gasteiger partial charge in [0.1, 0.15) is 0 Å². The summed E-state index contributed by atoms with van der Waals surface area (Å²) in [6.07, 6.45) is 10.5. The zero-order chi connectivity index (χ0) is 12.4. The summed E-state index contributed by atoms with van der Waals surface area (Å²) in [5, 5.41) is 3.74. The predicted molar refractivity (Wildman–Crippen MR) is 75.7 cm³/mol. The standard InChI is InChI=1S/C16H26N2/c1-2-12-5-6-13(11-18-14-7-8-14)15(10-12)16-4-3-9-17-16/h3-4,9,12-15,17-18H,2,5-8,10-11H2,1H3. The first-order valence-electron chi connectivity index (χ1n) is 7.73. The molecule has 0 spiro atoms. The van der Waals surface area contributed by atoms with Gasteiger partial charge in [0.2, 0.25) is 0 Å². The SMILES string of the molecule is CCC1CCC(CNC2CC2)C(c2ccc[nH]2)C1. The van der Waals surface area contributed by atoms with Crippen LogP contribution in [-0.2, 0) is 0 Å². The second-order valence-corrected chi connectivity index (χ2v) is 6.26. The molecule has 3 rings (SSSR count). The molecule has 0 aliphatic heterocycles. The first-order chi connectivity index (χ1) is 8.86. The van der Waals surface area contributed by atoms with Gasteiger partial charge in [-0.1, -0.05) is 19.8 Å². The number of hydrogen-bond donors (Lipinski definition) is 2. The van der Waals surface area contributed by atoms with Crippen molar-refractivity contribution in [1.29, 1.82) is 0 Å². The summed E-state index contributed by atoms with van der Waals surface area (Å²) in [6, 6.07) is 5.28. The number of H-pyrrole nitrogens is 1. The van der Waals surface area contributed by atoms with Crippen LogP contribution in [0.5, 0.6) is 0 Å². The van der Waals surface area contributed by atoms with Gasteiger partial charge < -0.3 is 10.3 Å². The summed E-state index contributed by atoms with van der Waals surface area (Å²) in [7, 11) is 0. The van der Waals surface area contributed by atoms with E-state index in [1.807, 2.05) is 0 Å². The molecule has 100 valence electrons. The Kier molecular flexibility index (Phi) is 3.74. The van der Waals surface area contributed by atoms with E-state index in [-0.39, 0.29) is 0 Å². The lowest BCUT2D eigenvalue weighted by atomic mass is 9.72. The molecule has 0 bridgehead atoms. The van der Waals surface area contributed by atoms with Crippen molar-refractivity contribution in [3.63, 3.8) is 0 Å². The lowest BCUT2D eigenvalue weighted by molar-refractivity contribution is 0.222. The molecule has 1 aromatic rings. The highest BCUT2D eigenvalue weighted by molar-refractivity contribution is 5.13. The molecule has 3 atom stereocenters. The molecule has 2 heteroatoms. The van der Waals surface area contributed by atoms with Gasteiger partial charge in [-0.05, 0) is 56.2 Å². The molecule has 2 saturated carbocycles. The molecule has 18 heavy (non-hydrogen) atoms. The summed E-state index contributed by atoms with van der Waals surface area (Å²) in [5.41, 5.74) is 1.47. The Morgan fingerprint density at radius 2 is 2.17 bits per heavy atom. The zero-order valence-electron chi connectivity index (χ0n) is 11.5. The Hall–Kier alpha value is -0.760. The second-order valence-electron chi connectivity index (χ2n) is 6.26. The number of nitrogens with one attached hydrogen (secondary N) is 2. The van der Waals surface area contributed by atoms with Gasteiger partial charge >= 0.3 is 0 Å². The lowest BCUT2D eigenvalue weighted by Crippen LogP contribution is -2.33. The average molecular weight is 246 g/mol. The maximum atomic E-state index is 3.74. The number of aromatic amines is 1. The van der Waals surface area contributed by atoms with Crippen LogP contribution in [0.1, 0.15) is 57.1 Å². The Morgan fingerprint density at radius 1 is 1.28 bits per heavy atom. The van der Waals surface area contributed by atoms with Gasteiger partial charge in [0.25, 0.3) is 0 Å². The first kappa shape index (κ1) is 12.3. The second kappa shape index (κ2) is 5.48. The van der Waals surface area contributed by atoms with E-state index in [4.69, 9.17) is 0 Å². The fourth-order valence-corrected chi connectivity index (χ4v) is 3.50. The molecular formula is C16H26N2. The molecule has 2 N–H and O–H groups in total. The van der Waals surface area contributed by atoms with Crippen molar-refractivity contribution in [1.82, 2.24) is 10.3 Å². The Morgan fingerprint density at radius 3 is 2.83 bits per heavy atom. The number of aromatic nitrogens is 1. The number of rotatable bonds is 5. The Balaban J connectivity index is 1.65. The molecule has 2 aliphatic rings. The fourth-order valence-electron chi connectivity index (χ4n) is 3.50. The minimum atomic E-state index is 0.755. The third-order valence-corrected chi connectivity index (χ3v) is 4.95. The molecule has 2 nitrogen and oxygen atoms in total. The van der Waals surface area contributed by atoms with Crippen molar-refractivity contribution in [3.05, 3.63) is 24.0 Å². The van der Waals surface area contributed by atoms with Crippen molar-refractivity contribution in [2.45, 2.75) is 57.4 Å². The highest BCUT2D eigenvalue weighted by atomic mass is 14.9.